The van der Waals surface area contributed by atoms with E-state index in [1.165, 1.54) is 16.2 Å². The topological polar surface area (TPSA) is 56.5 Å². The number of para-hydroxylation sites is 3. The summed E-state index contributed by atoms with van der Waals surface area (Å²) in [6.07, 6.45) is 0. The second-order valence-corrected chi connectivity index (χ2v) is 12.7. The maximum Gasteiger partial charge on any atom is 0.164 e. The van der Waals surface area contributed by atoms with E-state index in [0.717, 1.165) is 61.0 Å². The first-order valence-corrected chi connectivity index (χ1v) is 17.1. The molecule has 5 heteroatoms. The molecule has 0 unspecified atom stereocenters. The van der Waals surface area contributed by atoms with Gasteiger partial charge in [-0.25, -0.2) is 19.9 Å². The van der Waals surface area contributed by atoms with Gasteiger partial charge in [-0.1, -0.05) is 140 Å². The highest BCUT2D eigenvalue weighted by Crippen LogP contribution is 2.43. The van der Waals surface area contributed by atoms with Crippen molar-refractivity contribution in [1.29, 1.82) is 0 Å². The highest BCUT2D eigenvalue weighted by Gasteiger charge is 2.20. The maximum atomic E-state index is 5.42. The van der Waals surface area contributed by atoms with Crippen LogP contribution in [0.3, 0.4) is 0 Å². The van der Waals surface area contributed by atoms with Crippen molar-refractivity contribution in [3.05, 3.63) is 176 Å². The van der Waals surface area contributed by atoms with E-state index in [4.69, 9.17) is 19.9 Å². The minimum atomic E-state index is 0.612. The van der Waals surface area contributed by atoms with Gasteiger partial charge in [0.05, 0.1) is 22.2 Å². The van der Waals surface area contributed by atoms with Crippen LogP contribution in [-0.4, -0.2) is 24.5 Å². The van der Waals surface area contributed by atoms with E-state index in [1.54, 1.807) is 0 Å². The van der Waals surface area contributed by atoms with Crippen LogP contribution in [0.15, 0.2) is 176 Å². The number of hydrogen-bond donors (Lipinski definition) is 0. The number of aromatic nitrogens is 5. The van der Waals surface area contributed by atoms with Crippen LogP contribution in [0, 0.1) is 0 Å². The quantitative estimate of drug-likeness (QED) is 0.174. The summed E-state index contributed by atoms with van der Waals surface area (Å²) in [5, 5.41) is 5.79. The average Bonchev–Trinajstić information content (AvgIpc) is 3.56. The van der Waals surface area contributed by atoms with Crippen LogP contribution in [0.25, 0.3) is 94.6 Å². The summed E-state index contributed by atoms with van der Waals surface area (Å²) in [6.45, 7) is 0. The van der Waals surface area contributed by atoms with Crippen LogP contribution in [0.1, 0.15) is 0 Å². The molecule has 0 N–H and O–H groups in total. The summed E-state index contributed by atoms with van der Waals surface area (Å²) in [7, 11) is 0. The zero-order valence-electron chi connectivity index (χ0n) is 27.5. The van der Waals surface area contributed by atoms with Crippen LogP contribution in [-0.2, 0) is 0 Å². The van der Waals surface area contributed by atoms with Crippen molar-refractivity contribution in [2.75, 3.05) is 0 Å². The van der Waals surface area contributed by atoms with Gasteiger partial charge in [-0.15, -0.1) is 0 Å². The molecular weight excluding hydrogens is 623 g/mol. The third-order valence-electron chi connectivity index (χ3n) is 9.61. The predicted octanol–water partition coefficient (Wildman–Crippen LogP) is 11.3. The van der Waals surface area contributed by atoms with Crippen LogP contribution in [0.5, 0.6) is 0 Å². The first kappa shape index (κ1) is 29.0. The second kappa shape index (κ2) is 11.9. The van der Waals surface area contributed by atoms with Gasteiger partial charge in [-0.05, 0) is 41.8 Å². The summed E-state index contributed by atoms with van der Waals surface area (Å²) < 4.78 is 2.36. The monoisotopic (exact) mass is 651 g/mol. The fraction of sp³-hybridized carbons (Fsp3) is 0. The Morgan fingerprint density at radius 2 is 0.882 bits per heavy atom. The van der Waals surface area contributed by atoms with E-state index in [-0.39, 0.29) is 0 Å². The Balaban J connectivity index is 1.26. The average molecular weight is 652 g/mol. The molecule has 0 spiro atoms. The number of rotatable bonds is 5. The molecule has 0 aliphatic rings. The summed E-state index contributed by atoms with van der Waals surface area (Å²) >= 11 is 0. The molecule has 0 amide bonds. The van der Waals surface area contributed by atoms with Crippen molar-refractivity contribution in [3.63, 3.8) is 0 Å². The van der Waals surface area contributed by atoms with Gasteiger partial charge in [-0.3, -0.25) is 0 Å². The molecule has 0 bridgehead atoms. The minimum absolute atomic E-state index is 0.612. The molecule has 0 aliphatic carbocycles. The number of fused-ring (bicyclic) bond motifs is 7. The van der Waals surface area contributed by atoms with Crippen molar-refractivity contribution in [2.24, 2.45) is 0 Å². The maximum absolute atomic E-state index is 5.42. The lowest BCUT2D eigenvalue weighted by Crippen LogP contribution is -2.00. The van der Waals surface area contributed by atoms with Crippen LogP contribution in [0.2, 0.25) is 0 Å². The van der Waals surface area contributed by atoms with Gasteiger partial charge in [0.25, 0.3) is 0 Å². The fourth-order valence-corrected chi connectivity index (χ4v) is 7.31. The lowest BCUT2D eigenvalue weighted by molar-refractivity contribution is 1.07. The first-order valence-electron chi connectivity index (χ1n) is 17.1. The lowest BCUT2D eigenvalue weighted by atomic mass is 9.95. The zero-order valence-corrected chi connectivity index (χ0v) is 27.5. The van der Waals surface area contributed by atoms with E-state index in [2.05, 4.69) is 120 Å². The SMILES string of the molecule is c1ccc(-c2nc(-c3ccccc3)nc(-c3cccc(-c4nc5ccccc5c5ccc6c(c7ccccc7n6-c6ccccc6)c45)c3)n2)cc1. The Bertz CT molecular complexity index is 2840. The minimum Gasteiger partial charge on any atom is -0.309 e. The molecule has 7 aromatic carbocycles. The van der Waals surface area contributed by atoms with Crippen molar-refractivity contribution >= 4 is 43.5 Å². The van der Waals surface area contributed by atoms with Crippen molar-refractivity contribution in [3.8, 4) is 51.1 Å². The summed E-state index contributed by atoms with van der Waals surface area (Å²) in [5.74, 6) is 1.88. The number of pyridine rings is 1. The molecule has 0 fully saturated rings. The summed E-state index contributed by atoms with van der Waals surface area (Å²) in [4.78, 5) is 20.4. The van der Waals surface area contributed by atoms with E-state index in [0.29, 0.717) is 17.5 Å². The van der Waals surface area contributed by atoms with E-state index in [1.807, 2.05) is 60.7 Å². The Kier molecular flexibility index (Phi) is 6.74. The van der Waals surface area contributed by atoms with Gasteiger partial charge in [0, 0.05) is 49.5 Å². The molecule has 0 saturated carbocycles. The van der Waals surface area contributed by atoms with Crippen molar-refractivity contribution in [2.45, 2.75) is 0 Å². The standard InChI is InChI=1S/C46H29N5/c1-4-15-30(16-5-1)44-48-45(31-17-6-2-7-18-31)50-46(49-44)33-20-14-19-32(29-33)43-42-36(35-23-10-12-25-38(35)47-43)27-28-40-41(42)37-24-11-13-26-39(37)51(40)34-21-8-3-9-22-34/h1-29H. The lowest BCUT2D eigenvalue weighted by Gasteiger charge is -2.14. The molecule has 0 atom stereocenters. The number of benzene rings is 7. The van der Waals surface area contributed by atoms with Gasteiger partial charge in [0.15, 0.2) is 17.5 Å². The third-order valence-corrected chi connectivity index (χ3v) is 9.61. The Morgan fingerprint density at radius 3 is 1.59 bits per heavy atom. The molecule has 238 valence electrons. The van der Waals surface area contributed by atoms with Gasteiger partial charge >= 0.3 is 0 Å². The highest BCUT2D eigenvalue weighted by molar-refractivity contribution is 6.28. The Labute approximate surface area is 294 Å². The third kappa shape index (κ3) is 4.86. The van der Waals surface area contributed by atoms with Crippen molar-refractivity contribution in [1.82, 2.24) is 24.5 Å². The molecular formula is C46H29N5. The Morgan fingerprint density at radius 1 is 0.333 bits per heavy atom. The summed E-state index contributed by atoms with van der Waals surface area (Å²) in [6, 6.07) is 60.9. The normalized spacial score (nSPS) is 11.5. The Hall–Kier alpha value is -6.98. The van der Waals surface area contributed by atoms with Gasteiger partial charge in [0.2, 0.25) is 0 Å². The molecule has 5 nitrogen and oxygen atoms in total. The van der Waals surface area contributed by atoms with Crippen LogP contribution < -0.4 is 0 Å². The molecule has 0 saturated heterocycles. The highest BCUT2D eigenvalue weighted by atomic mass is 15.0. The van der Waals surface area contributed by atoms with Crippen LogP contribution in [0.4, 0.5) is 0 Å². The van der Waals surface area contributed by atoms with E-state index in [9.17, 15) is 0 Å². The molecule has 0 aliphatic heterocycles. The number of hydrogen-bond acceptors (Lipinski definition) is 4. The predicted molar refractivity (Wildman–Crippen MR) is 209 cm³/mol. The molecule has 10 aromatic rings. The second-order valence-electron chi connectivity index (χ2n) is 12.7. The van der Waals surface area contributed by atoms with Gasteiger partial charge in [0.1, 0.15) is 0 Å². The largest absolute Gasteiger partial charge is 0.309 e. The van der Waals surface area contributed by atoms with Crippen molar-refractivity contribution < 1.29 is 0 Å². The first-order chi connectivity index (χ1) is 25.3. The van der Waals surface area contributed by atoms with Gasteiger partial charge in [-0.2, -0.15) is 0 Å². The summed E-state index contributed by atoms with van der Waals surface area (Å²) in [5.41, 5.74) is 9.07. The fourth-order valence-electron chi connectivity index (χ4n) is 7.31. The smallest absolute Gasteiger partial charge is 0.164 e. The van der Waals surface area contributed by atoms with Gasteiger partial charge < -0.3 is 4.57 Å². The molecule has 3 heterocycles. The zero-order chi connectivity index (χ0) is 33.7. The van der Waals surface area contributed by atoms with E-state index < -0.39 is 0 Å². The molecule has 3 aromatic heterocycles. The molecule has 0 radical (unpaired) electrons. The molecule has 10 rings (SSSR count). The van der Waals surface area contributed by atoms with E-state index >= 15 is 0 Å². The number of nitrogens with zero attached hydrogens (tertiary/aromatic N) is 5. The molecule has 51 heavy (non-hydrogen) atoms. The van der Waals surface area contributed by atoms with Crippen LogP contribution >= 0.6 is 0 Å².